The predicted octanol–water partition coefficient (Wildman–Crippen LogP) is 1.95. The summed E-state index contributed by atoms with van der Waals surface area (Å²) in [7, 11) is 0. The van der Waals surface area contributed by atoms with Gasteiger partial charge in [0.25, 0.3) is 0 Å². The molecule has 0 spiro atoms. The van der Waals surface area contributed by atoms with E-state index >= 15 is 0 Å². The van der Waals surface area contributed by atoms with E-state index in [4.69, 9.17) is 27.9 Å². The van der Waals surface area contributed by atoms with Crippen LogP contribution in [-0.4, -0.2) is 37.6 Å². The van der Waals surface area contributed by atoms with Gasteiger partial charge in [0.2, 0.25) is 11.8 Å². The van der Waals surface area contributed by atoms with Gasteiger partial charge >= 0.3 is 0 Å². The van der Waals surface area contributed by atoms with Crippen molar-refractivity contribution < 1.29 is 14.3 Å². The number of carbonyl (C=O) groups is 2. The van der Waals surface area contributed by atoms with Gasteiger partial charge in [-0.15, -0.1) is 0 Å². The van der Waals surface area contributed by atoms with Crippen molar-refractivity contribution in [1.29, 1.82) is 0 Å². The van der Waals surface area contributed by atoms with Crippen LogP contribution in [0.5, 0.6) is 0 Å². The fourth-order valence-corrected chi connectivity index (χ4v) is 2.69. The summed E-state index contributed by atoms with van der Waals surface area (Å²) in [6.45, 7) is 0.995. The lowest BCUT2D eigenvalue weighted by Gasteiger charge is -2.11. The molecule has 2 rings (SSSR count). The summed E-state index contributed by atoms with van der Waals surface area (Å²) in [5.41, 5.74) is 0.912. The summed E-state index contributed by atoms with van der Waals surface area (Å²) < 4.78 is 5.24. The van der Waals surface area contributed by atoms with Gasteiger partial charge in [0, 0.05) is 23.2 Å². The zero-order valence-corrected chi connectivity index (χ0v) is 13.5. The van der Waals surface area contributed by atoms with Crippen LogP contribution in [0.1, 0.15) is 18.4 Å². The molecule has 1 aromatic carbocycles. The molecule has 1 aliphatic rings. The van der Waals surface area contributed by atoms with E-state index in [9.17, 15) is 9.59 Å². The van der Waals surface area contributed by atoms with Crippen molar-refractivity contribution in [3.05, 3.63) is 33.8 Å². The second kappa shape index (κ2) is 8.36. The number of benzene rings is 1. The quantitative estimate of drug-likeness (QED) is 0.828. The molecule has 0 saturated carbocycles. The van der Waals surface area contributed by atoms with Crippen molar-refractivity contribution in [2.45, 2.75) is 25.4 Å². The minimum atomic E-state index is -0.416. The third-order valence-electron chi connectivity index (χ3n) is 3.38. The summed E-state index contributed by atoms with van der Waals surface area (Å²) in [5.74, 6) is -0.468. The van der Waals surface area contributed by atoms with Crippen molar-refractivity contribution in [3.63, 3.8) is 0 Å². The Morgan fingerprint density at radius 3 is 2.77 bits per heavy atom. The van der Waals surface area contributed by atoms with Crippen molar-refractivity contribution >= 4 is 35.0 Å². The van der Waals surface area contributed by atoms with Crippen LogP contribution in [-0.2, 0) is 20.7 Å². The van der Waals surface area contributed by atoms with Gasteiger partial charge in [0.05, 0.1) is 6.54 Å². The first-order valence-electron chi connectivity index (χ1n) is 7.16. The lowest BCUT2D eigenvalue weighted by molar-refractivity contribution is -0.132. The molecule has 0 bridgehead atoms. The smallest absolute Gasteiger partial charge is 0.249 e. The van der Waals surface area contributed by atoms with Crippen molar-refractivity contribution in [1.82, 2.24) is 10.6 Å². The Morgan fingerprint density at radius 2 is 2.09 bits per heavy atom. The fraction of sp³-hybridized carbons (Fsp3) is 0.467. The monoisotopic (exact) mass is 344 g/mol. The van der Waals surface area contributed by atoms with E-state index < -0.39 is 6.10 Å². The van der Waals surface area contributed by atoms with Crippen LogP contribution in [0, 0.1) is 0 Å². The van der Waals surface area contributed by atoms with Crippen LogP contribution < -0.4 is 10.6 Å². The number of ether oxygens (including phenoxy) is 1. The molecule has 22 heavy (non-hydrogen) atoms. The molecule has 120 valence electrons. The first kappa shape index (κ1) is 17.1. The maximum absolute atomic E-state index is 11.7. The normalized spacial score (nSPS) is 17.3. The minimum Gasteiger partial charge on any atom is -0.368 e. The average molecular weight is 345 g/mol. The SMILES string of the molecule is O=C(CNC(=O)C1CCCO1)NCCc1ccc(Cl)cc1Cl. The molecule has 1 heterocycles. The highest BCUT2D eigenvalue weighted by atomic mass is 35.5. The van der Waals surface area contributed by atoms with E-state index in [1.807, 2.05) is 6.07 Å². The standard InChI is InChI=1S/C15H18Cl2N2O3/c16-11-4-3-10(12(17)8-11)5-6-18-14(20)9-19-15(21)13-2-1-7-22-13/h3-4,8,13H,1-2,5-7,9H2,(H,18,20)(H,19,21). The summed E-state index contributed by atoms with van der Waals surface area (Å²) in [6, 6.07) is 5.25. The Kier molecular flexibility index (Phi) is 6.49. The highest BCUT2D eigenvalue weighted by Gasteiger charge is 2.23. The number of halogens is 2. The van der Waals surface area contributed by atoms with Crippen LogP contribution in [0.3, 0.4) is 0 Å². The molecule has 1 atom stereocenters. The van der Waals surface area contributed by atoms with E-state index in [1.54, 1.807) is 12.1 Å². The molecule has 1 aromatic rings. The molecule has 7 heteroatoms. The summed E-state index contributed by atoms with van der Waals surface area (Å²) in [5, 5.41) is 6.46. The molecule has 1 fully saturated rings. The predicted molar refractivity (Wildman–Crippen MR) is 85.2 cm³/mol. The molecule has 1 saturated heterocycles. The van der Waals surface area contributed by atoms with Gasteiger partial charge in [-0.2, -0.15) is 0 Å². The summed E-state index contributed by atoms with van der Waals surface area (Å²) in [4.78, 5) is 23.3. The van der Waals surface area contributed by atoms with Gasteiger partial charge in [-0.25, -0.2) is 0 Å². The average Bonchev–Trinajstić information content (AvgIpc) is 3.01. The molecule has 1 unspecified atom stereocenters. The molecular weight excluding hydrogens is 327 g/mol. The Hall–Kier alpha value is -1.30. The minimum absolute atomic E-state index is 0.0486. The lowest BCUT2D eigenvalue weighted by atomic mass is 10.1. The van der Waals surface area contributed by atoms with Gasteiger partial charge in [-0.05, 0) is 37.0 Å². The topological polar surface area (TPSA) is 67.4 Å². The second-order valence-electron chi connectivity index (χ2n) is 5.06. The van der Waals surface area contributed by atoms with E-state index in [2.05, 4.69) is 10.6 Å². The van der Waals surface area contributed by atoms with Crippen LogP contribution in [0.15, 0.2) is 18.2 Å². The molecule has 0 radical (unpaired) electrons. The van der Waals surface area contributed by atoms with Crippen LogP contribution >= 0.6 is 23.2 Å². The fourth-order valence-electron chi connectivity index (χ4n) is 2.19. The zero-order chi connectivity index (χ0) is 15.9. The zero-order valence-electron chi connectivity index (χ0n) is 12.0. The maximum Gasteiger partial charge on any atom is 0.249 e. The van der Waals surface area contributed by atoms with Gasteiger partial charge < -0.3 is 15.4 Å². The number of rotatable bonds is 6. The molecule has 1 aliphatic heterocycles. The summed E-state index contributed by atoms with van der Waals surface area (Å²) in [6.07, 6.45) is 1.77. The van der Waals surface area contributed by atoms with Crippen molar-refractivity contribution in [2.75, 3.05) is 19.7 Å². The van der Waals surface area contributed by atoms with Crippen LogP contribution in [0.2, 0.25) is 10.0 Å². The van der Waals surface area contributed by atoms with E-state index in [-0.39, 0.29) is 18.4 Å². The van der Waals surface area contributed by atoms with Gasteiger partial charge in [-0.3, -0.25) is 9.59 Å². The first-order chi connectivity index (χ1) is 10.6. The van der Waals surface area contributed by atoms with Gasteiger partial charge in [0.1, 0.15) is 6.10 Å². The molecule has 2 N–H and O–H groups in total. The first-order valence-corrected chi connectivity index (χ1v) is 7.92. The largest absolute Gasteiger partial charge is 0.368 e. The lowest BCUT2D eigenvalue weighted by Crippen LogP contribution is -2.41. The van der Waals surface area contributed by atoms with E-state index in [1.165, 1.54) is 0 Å². The van der Waals surface area contributed by atoms with Gasteiger partial charge in [0.15, 0.2) is 0 Å². The number of hydrogen-bond acceptors (Lipinski definition) is 3. The maximum atomic E-state index is 11.7. The Labute approximate surface area is 139 Å². The molecular formula is C15H18Cl2N2O3. The van der Waals surface area contributed by atoms with Crippen molar-refractivity contribution in [3.8, 4) is 0 Å². The second-order valence-corrected chi connectivity index (χ2v) is 5.90. The number of nitrogens with one attached hydrogen (secondary N) is 2. The van der Waals surface area contributed by atoms with Crippen LogP contribution in [0.25, 0.3) is 0 Å². The van der Waals surface area contributed by atoms with Crippen molar-refractivity contribution in [2.24, 2.45) is 0 Å². The molecule has 0 aliphatic carbocycles. The highest BCUT2D eigenvalue weighted by molar-refractivity contribution is 6.35. The van der Waals surface area contributed by atoms with E-state index in [0.29, 0.717) is 36.0 Å². The third kappa shape index (κ3) is 5.16. The Balaban J connectivity index is 1.66. The number of amides is 2. The molecule has 5 nitrogen and oxygen atoms in total. The Morgan fingerprint density at radius 1 is 1.27 bits per heavy atom. The Bertz CT molecular complexity index is 546. The van der Waals surface area contributed by atoms with E-state index in [0.717, 1.165) is 12.0 Å². The number of carbonyl (C=O) groups excluding carboxylic acids is 2. The van der Waals surface area contributed by atoms with Crippen LogP contribution in [0.4, 0.5) is 0 Å². The van der Waals surface area contributed by atoms with Gasteiger partial charge in [-0.1, -0.05) is 29.3 Å². The number of hydrogen-bond donors (Lipinski definition) is 2. The third-order valence-corrected chi connectivity index (χ3v) is 3.96. The molecule has 0 aromatic heterocycles. The summed E-state index contributed by atoms with van der Waals surface area (Å²) >= 11 is 11.9. The highest BCUT2D eigenvalue weighted by Crippen LogP contribution is 2.21. The molecule has 2 amide bonds.